The maximum absolute atomic E-state index is 6.84. The van der Waals surface area contributed by atoms with E-state index >= 15 is 0 Å². The highest BCUT2D eigenvalue weighted by Crippen LogP contribution is 2.46. The predicted octanol–water partition coefficient (Wildman–Crippen LogP) is 14.7. The first kappa shape index (κ1) is 34.3. The molecule has 0 unspecified atom stereocenters. The second-order valence-electron chi connectivity index (χ2n) is 15.0. The number of benzene rings is 9. The summed E-state index contributed by atoms with van der Waals surface area (Å²) in [5, 5.41) is 6.94. The van der Waals surface area contributed by atoms with Gasteiger partial charge in [-0.1, -0.05) is 158 Å². The lowest BCUT2D eigenvalue weighted by atomic mass is 9.96. The van der Waals surface area contributed by atoms with Gasteiger partial charge in [-0.05, 0) is 74.6 Å². The molecule has 0 spiro atoms. The van der Waals surface area contributed by atoms with Gasteiger partial charge in [0.1, 0.15) is 5.52 Å². The smallest absolute Gasteiger partial charge is 0.227 e. The van der Waals surface area contributed by atoms with Crippen LogP contribution in [0, 0.1) is 0 Å². The van der Waals surface area contributed by atoms with Gasteiger partial charge in [-0.3, -0.25) is 0 Å². The quantitative estimate of drug-likeness (QED) is 0.168. The van der Waals surface area contributed by atoms with Crippen molar-refractivity contribution in [1.29, 1.82) is 0 Å². The molecule has 0 N–H and O–H groups in total. The molecule has 0 aliphatic rings. The van der Waals surface area contributed by atoms with Crippen molar-refractivity contribution >= 4 is 64.2 Å². The maximum Gasteiger partial charge on any atom is 0.227 e. The molecule has 0 amide bonds. The molecule has 9 aromatic carbocycles. The Morgan fingerprint density at radius 1 is 0.350 bits per heavy atom. The Morgan fingerprint density at radius 2 is 0.883 bits per heavy atom. The van der Waals surface area contributed by atoms with Crippen molar-refractivity contribution in [2.75, 3.05) is 0 Å². The molecule has 0 aliphatic carbocycles. The molecule has 60 heavy (non-hydrogen) atoms. The summed E-state index contributed by atoms with van der Waals surface area (Å²) >= 11 is 1.78. The average molecular weight is 785 g/mol. The van der Waals surface area contributed by atoms with Gasteiger partial charge in [-0.15, -0.1) is 11.3 Å². The summed E-state index contributed by atoms with van der Waals surface area (Å²) in [7, 11) is 0. The lowest BCUT2D eigenvalue weighted by molar-refractivity contribution is 0.621. The van der Waals surface area contributed by atoms with Crippen LogP contribution in [0.25, 0.3) is 121 Å². The molecule has 0 saturated heterocycles. The number of thiophene rings is 1. The molecule has 6 heteroatoms. The molecule has 3 aromatic heterocycles. The Balaban J connectivity index is 1.04. The summed E-state index contributed by atoms with van der Waals surface area (Å²) in [5.74, 6) is 2.40. The van der Waals surface area contributed by atoms with Gasteiger partial charge < -0.3 is 4.42 Å². The van der Waals surface area contributed by atoms with Crippen molar-refractivity contribution < 1.29 is 4.42 Å². The third kappa shape index (κ3) is 5.93. The molecule has 0 aliphatic heterocycles. The van der Waals surface area contributed by atoms with Crippen LogP contribution in [0.2, 0.25) is 0 Å². The largest absolute Gasteiger partial charge is 0.435 e. The molecule has 0 fully saturated rings. The SMILES string of the molecule is c1ccc(-c2ccc(-c3nc(-c4cccc(-c5c6oc(-c7ccc8ccccc8c7)nc6cc6sc7ccccc7c56)c4)nc(-c4ccc5ccccc5c4)n3)cc2)cc1. The Labute approximate surface area is 348 Å². The topological polar surface area (TPSA) is 64.7 Å². The van der Waals surface area contributed by atoms with Gasteiger partial charge in [-0.25, -0.2) is 19.9 Å². The molecule has 0 radical (unpaired) electrons. The molecule has 5 nitrogen and oxygen atoms in total. The summed E-state index contributed by atoms with van der Waals surface area (Å²) in [4.78, 5) is 20.6. The summed E-state index contributed by atoms with van der Waals surface area (Å²) < 4.78 is 9.21. The number of fused-ring (bicyclic) bond motifs is 6. The molecule has 12 rings (SSSR count). The lowest BCUT2D eigenvalue weighted by Gasteiger charge is -2.11. The first-order chi connectivity index (χ1) is 29.7. The van der Waals surface area contributed by atoms with Crippen LogP contribution in [0.3, 0.4) is 0 Å². The summed E-state index contributed by atoms with van der Waals surface area (Å²) in [6.07, 6.45) is 0. The highest BCUT2D eigenvalue weighted by Gasteiger charge is 2.22. The van der Waals surface area contributed by atoms with Gasteiger partial charge in [0, 0.05) is 48.0 Å². The van der Waals surface area contributed by atoms with Crippen molar-refractivity contribution in [2.24, 2.45) is 0 Å². The van der Waals surface area contributed by atoms with Crippen LogP contribution in [-0.4, -0.2) is 19.9 Å². The number of oxazole rings is 1. The van der Waals surface area contributed by atoms with E-state index in [-0.39, 0.29) is 0 Å². The second-order valence-corrected chi connectivity index (χ2v) is 16.1. The predicted molar refractivity (Wildman–Crippen MR) is 248 cm³/mol. The lowest BCUT2D eigenvalue weighted by Crippen LogP contribution is -2.00. The van der Waals surface area contributed by atoms with Gasteiger partial charge >= 0.3 is 0 Å². The minimum absolute atomic E-state index is 0.588. The zero-order valence-electron chi connectivity index (χ0n) is 32.1. The standard InChI is InChI=1S/C54H32N4OS/c1-2-11-33(12-3-1)36-21-25-37(26-22-36)51-56-52(58-53(57-51)42-27-23-34-13-4-6-15-38(34)29-42)41-18-10-17-40(31-41)48-49-44-19-8-9-20-46(44)60-47(49)32-45-50(48)59-54(55-45)43-28-24-35-14-5-7-16-39(35)30-43/h1-32H. The van der Waals surface area contributed by atoms with Crippen molar-refractivity contribution in [3.63, 3.8) is 0 Å². The highest BCUT2D eigenvalue weighted by atomic mass is 32.1. The summed E-state index contributed by atoms with van der Waals surface area (Å²) in [6, 6.07) is 67.6. The molecule has 0 saturated carbocycles. The van der Waals surface area contributed by atoms with E-state index in [0.29, 0.717) is 23.4 Å². The van der Waals surface area contributed by atoms with E-state index in [0.717, 1.165) is 81.9 Å². The van der Waals surface area contributed by atoms with Crippen molar-refractivity contribution in [3.8, 4) is 67.9 Å². The van der Waals surface area contributed by atoms with Gasteiger partial charge in [0.2, 0.25) is 5.89 Å². The molecule has 280 valence electrons. The first-order valence-electron chi connectivity index (χ1n) is 19.9. The van der Waals surface area contributed by atoms with Crippen LogP contribution in [0.15, 0.2) is 199 Å². The third-order valence-corrected chi connectivity index (χ3v) is 12.4. The van der Waals surface area contributed by atoms with Gasteiger partial charge in [0.05, 0.1) is 0 Å². The molecular formula is C54H32N4OS. The van der Waals surface area contributed by atoms with E-state index in [1.807, 2.05) is 6.07 Å². The Morgan fingerprint density at radius 3 is 1.63 bits per heavy atom. The fourth-order valence-corrected chi connectivity index (χ4v) is 9.49. The molecule has 12 aromatic rings. The van der Waals surface area contributed by atoms with E-state index in [1.54, 1.807) is 11.3 Å². The Bertz CT molecular complexity index is 3610. The van der Waals surface area contributed by atoms with Crippen LogP contribution >= 0.6 is 11.3 Å². The molecule has 0 bridgehead atoms. The Kier molecular flexibility index (Phi) is 7.96. The molecular weight excluding hydrogens is 753 g/mol. The van der Waals surface area contributed by atoms with E-state index in [9.17, 15) is 0 Å². The van der Waals surface area contributed by atoms with Gasteiger partial charge in [0.25, 0.3) is 0 Å². The zero-order valence-corrected chi connectivity index (χ0v) is 32.9. The number of rotatable bonds is 6. The van der Waals surface area contributed by atoms with Crippen LogP contribution in [0.1, 0.15) is 0 Å². The average Bonchev–Trinajstić information content (AvgIpc) is 3.92. The second kappa shape index (κ2) is 13.9. The number of hydrogen-bond donors (Lipinski definition) is 0. The number of hydrogen-bond acceptors (Lipinski definition) is 6. The number of nitrogens with zero attached hydrogens (tertiary/aromatic N) is 4. The van der Waals surface area contributed by atoms with Gasteiger partial charge in [0.15, 0.2) is 23.1 Å². The number of aromatic nitrogens is 4. The molecule has 3 heterocycles. The van der Waals surface area contributed by atoms with Crippen LogP contribution < -0.4 is 0 Å². The van der Waals surface area contributed by atoms with Crippen molar-refractivity contribution in [2.45, 2.75) is 0 Å². The van der Waals surface area contributed by atoms with E-state index in [4.69, 9.17) is 24.4 Å². The molecule has 0 atom stereocenters. The van der Waals surface area contributed by atoms with Crippen LogP contribution in [-0.2, 0) is 0 Å². The van der Waals surface area contributed by atoms with Crippen LogP contribution in [0.5, 0.6) is 0 Å². The Hall–Kier alpha value is -7.80. The normalized spacial score (nSPS) is 11.7. The van der Waals surface area contributed by atoms with Crippen LogP contribution in [0.4, 0.5) is 0 Å². The monoisotopic (exact) mass is 784 g/mol. The first-order valence-corrected chi connectivity index (χ1v) is 20.8. The van der Waals surface area contributed by atoms with Crippen molar-refractivity contribution in [1.82, 2.24) is 19.9 Å². The van der Waals surface area contributed by atoms with Gasteiger partial charge in [-0.2, -0.15) is 0 Å². The van der Waals surface area contributed by atoms with E-state index < -0.39 is 0 Å². The van der Waals surface area contributed by atoms with E-state index in [2.05, 4.69) is 188 Å². The summed E-state index contributed by atoms with van der Waals surface area (Å²) in [6.45, 7) is 0. The maximum atomic E-state index is 6.84. The highest BCUT2D eigenvalue weighted by molar-refractivity contribution is 7.26. The zero-order chi connectivity index (χ0) is 39.6. The minimum atomic E-state index is 0.588. The van der Waals surface area contributed by atoms with Crippen molar-refractivity contribution in [3.05, 3.63) is 194 Å². The fraction of sp³-hybridized carbons (Fsp3) is 0. The van der Waals surface area contributed by atoms with E-state index in [1.165, 1.54) is 15.5 Å². The fourth-order valence-electron chi connectivity index (χ4n) is 8.34. The summed E-state index contributed by atoms with van der Waals surface area (Å²) in [5.41, 5.74) is 9.50. The third-order valence-electron chi connectivity index (χ3n) is 11.3. The minimum Gasteiger partial charge on any atom is -0.435 e.